The van der Waals surface area contributed by atoms with Gasteiger partial charge in [0.05, 0.1) is 32.0 Å². The largest absolute Gasteiger partial charge is 0.394 e. The van der Waals surface area contributed by atoms with Crippen LogP contribution in [0.2, 0.25) is 0 Å². The average Bonchev–Trinajstić information content (AvgIpc) is 3.31. The fraction of sp³-hybridized carbons (Fsp3) is 0.981. The number of aliphatic hydroxyl groups is 8. The number of hydrogen-bond acceptors (Lipinski definition) is 13. The minimum atomic E-state index is -1.78. The van der Waals surface area contributed by atoms with Crippen molar-refractivity contribution in [3.63, 3.8) is 0 Å². The van der Waals surface area contributed by atoms with Gasteiger partial charge in [0.25, 0.3) is 0 Å². The van der Waals surface area contributed by atoms with E-state index in [-0.39, 0.29) is 12.5 Å². The summed E-state index contributed by atoms with van der Waals surface area (Å²) in [4.78, 5) is 13.2. The van der Waals surface area contributed by atoms with Crippen molar-refractivity contribution in [1.82, 2.24) is 5.32 Å². The molecule has 0 aromatic carbocycles. The summed E-state index contributed by atoms with van der Waals surface area (Å²) in [5.74, 6) is -0.202. The summed E-state index contributed by atoms with van der Waals surface area (Å²) in [5, 5.41) is 87.0. The monoisotopic (exact) mass is 948 g/mol. The molecule has 14 heteroatoms. The molecular weight excluding hydrogens is 847 g/mol. The van der Waals surface area contributed by atoms with E-state index in [1.54, 1.807) is 0 Å². The van der Waals surface area contributed by atoms with Crippen LogP contribution in [0.5, 0.6) is 0 Å². The Morgan fingerprint density at radius 1 is 0.485 bits per heavy atom. The average molecular weight is 948 g/mol. The Balaban J connectivity index is 1.79. The van der Waals surface area contributed by atoms with E-state index in [2.05, 4.69) is 19.2 Å². The van der Waals surface area contributed by atoms with E-state index in [0.29, 0.717) is 12.8 Å². The Morgan fingerprint density at radius 3 is 1.29 bits per heavy atom. The lowest BCUT2D eigenvalue weighted by molar-refractivity contribution is -0.359. The molecule has 0 aliphatic carbocycles. The molecular formula is C52H101NO13. The molecule has 0 saturated carbocycles. The Hall–Kier alpha value is -1.01. The van der Waals surface area contributed by atoms with E-state index in [1.165, 1.54) is 154 Å². The maximum Gasteiger partial charge on any atom is 0.220 e. The molecule has 2 rings (SSSR count). The Bertz CT molecular complexity index is 1120. The molecule has 0 spiro atoms. The van der Waals surface area contributed by atoms with Crippen LogP contribution in [0.3, 0.4) is 0 Å². The fourth-order valence-electron chi connectivity index (χ4n) is 9.36. The molecule has 0 aromatic rings. The number of aliphatic hydroxyl groups excluding tert-OH is 8. The molecule has 2 aliphatic heterocycles. The number of ether oxygens (including phenoxy) is 4. The molecule has 14 nitrogen and oxygen atoms in total. The first kappa shape index (κ1) is 61.1. The first-order chi connectivity index (χ1) is 32.1. The number of carbonyl (C=O) groups excluding carboxylic acids is 1. The van der Waals surface area contributed by atoms with Gasteiger partial charge in [0, 0.05) is 6.42 Å². The summed E-state index contributed by atoms with van der Waals surface area (Å²) in [6, 6.07) is -0.821. The van der Waals surface area contributed by atoms with Crippen LogP contribution in [0.4, 0.5) is 0 Å². The highest BCUT2D eigenvalue weighted by Gasteiger charge is 2.51. The molecule has 0 radical (unpaired) electrons. The van der Waals surface area contributed by atoms with E-state index >= 15 is 0 Å². The van der Waals surface area contributed by atoms with Gasteiger partial charge in [-0.15, -0.1) is 0 Å². The number of nitrogens with one attached hydrogen (secondary N) is 1. The predicted octanol–water partition coefficient (Wildman–Crippen LogP) is 7.78. The van der Waals surface area contributed by atoms with E-state index in [1.807, 2.05) is 0 Å². The molecule has 1 amide bonds. The van der Waals surface area contributed by atoms with Gasteiger partial charge in [-0.05, 0) is 12.8 Å². The molecule has 9 N–H and O–H groups in total. The van der Waals surface area contributed by atoms with Gasteiger partial charge in [-0.3, -0.25) is 4.79 Å². The number of rotatable bonds is 43. The first-order valence-electron chi connectivity index (χ1n) is 27.3. The molecule has 392 valence electrons. The summed E-state index contributed by atoms with van der Waals surface area (Å²) in [5.41, 5.74) is 0. The predicted molar refractivity (Wildman–Crippen MR) is 259 cm³/mol. The van der Waals surface area contributed by atoms with Crippen LogP contribution in [-0.2, 0) is 23.7 Å². The van der Waals surface area contributed by atoms with Gasteiger partial charge in [0.1, 0.15) is 48.8 Å². The highest BCUT2D eigenvalue weighted by molar-refractivity contribution is 5.76. The zero-order chi connectivity index (χ0) is 48.2. The Kier molecular flexibility index (Phi) is 36.7. The Labute approximate surface area is 400 Å². The lowest BCUT2D eigenvalue weighted by atomic mass is 9.97. The van der Waals surface area contributed by atoms with Crippen molar-refractivity contribution in [2.75, 3.05) is 19.8 Å². The molecule has 2 aliphatic rings. The fourth-order valence-corrected chi connectivity index (χ4v) is 9.36. The summed E-state index contributed by atoms with van der Waals surface area (Å²) in [6.07, 6.45) is 23.8. The minimum Gasteiger partial charge on any atom is -0.394 e. The van der Waals surface area contributed by atoms with Crippen LogP contribution < -0.4 is 5.32 Å². The van der Waals surface area contributed by atoms with E-state index in [9.17, 15) is 45.6 Å². The van der Waals surface area contributed by atoms with Crippen LogP contribution in [0, 0.1) is 0 Å². The van der Waals surface area contributed by atoms with Gasteiger partial charge in [-0.2, -0.15) is 0 Å². The van der Waals surface area contributed by atoms with Crippen molar-refractivity contribution >= 4 is 5.91 Å². The summed E-state index contributed by atoms with van der Waals surface area (Å²) >= 11 is 0. The van der Waals surface area contributed by atoms with Gasteiger partial charge in [-0.1, -0.05) is 213 Å². The molecule has 12 atom stereocenters. The number of amides is 1. The standard InChI is InChI=1S/C52H101NO13/c1-3-5-7-9-11-13-15-17-19-20-21-22-24-26-28-30-32-34-36-44(57)53-40(41(56)35-33-31-29-27-25-23-18-16-14-12-10-8-6-4-2)39-63-51-49(62)47(60)50(43(38-55)65-51)66-52-48(61)46(59)45(58)42(37-54)64-52/h40-43,45-52,54-56,58-62H,3-39H2,1-2H3,(H,53,57)/t40-,41+,42+,43+,45-,46?,47?,48?,49?,50+,51+,52-/m0/s1. The second-order valence-corrected chi connectivity index (χ2v) is 19.7. The SMILES string of the molecule is CCCCCCCCCCCCCCCCCCCCC(=O)N[C@@H](CO[C@@H]1O[C@H](CO)[C@@H](O[C@@H]2O[C@H](CO)[C@H](O)C(O)C2O)C(O)C1O)[C@H](O)CCCCCCCCCCCCCCCC. The Morgan fingerprint density at radius 2 is 0.864 bits per heavy atom. The third-order valence-electron chi connectivity index (χ3n) is 13.8. The van der Waals surface area contributed by atoms with Gasteiger partial charge >= 0.3 is 0 Å². The van der Waals surface area contributed by atoms with Gasteiger partial charge < -0.3 is 65.1 Å². The van der Waals surface area contributed by atoms with Crippen LogP contribution in [-0.4, -0.2) is 140 Å². The van der Waals surface area contributed by atoms with E-state index in [0.717, 1.165) is 51.4 Å². The lowest BCUT2D eigenvalue weighted by Gasteiger charge is -2.46. The van der Waals surface area contributed by atoms with Crippen molar-refractivity contribution in [2.24, 2.45) is 0 Å². The minimum absolute atomic E-state index is 0.202. The maximum atomic E-state index is 13.2. The summed E-state index contributed by atoms with van der Waals surface area (Å²) < 4.78 is 22.8. The van der Waals surface area contributed by atoms with Crippen LogP contribution in [0.25, 0.3) is 0 Å². The molecule has 0 bridgehead atoms. The third-order valence-corrected chi connectivity index (χ3v) is 13.8. The quantitative estimate of drug-likeness (QED) is 0.0267. The highest BCUT2D eigenvalue weighted by Crippen LogP contribution is 2.30. The van der Waals surface area contributed by atoms with E-state index in [4.69, 9.17) is 18.9 Å². The van der Waals surface area contributed by atoms with Gasteiger partial charge in [0.15, 0.2) is 12.6 Å². The number of carbonyl (C=O) groups is 1. The number of hydrogen-bond donors (Lipinski definition) is 9. The molecule has 4 unspecified atom stereocenters. The topological polar surface area (TPSA) is 228 Å². The molecule has 2 heterocycles. The molecule has 2 fully saturated rings. The van der Waals surface area contributed by atoms with Crippen molar-refractivity contribution in [3.05, 3.63) is 0 Å². The zero-order valence-corrected chi connectivity index (χ0v) is 41.7. The highest BCUT2D eigenvalue weighted by atomic mass is 16.7. The van der Waals surface area contributed by atoms with Crippen LogP contribution in [0.15, 0.2) is 0 Å². The second kappa shape index (κ2) is 39.7. The summed E-state index contributed by atoms with van der Waals surface area (Å²) in [7, 11) is 0. The van der Waals surface area contributed by atoms with Crippen molar-refractivity contribution < 1.29 is 64.6 Å². The van der Waals surface area contributed by atoms with Crippen LogP contribution in [0.1, 0.15) is 232 Å². The van der Waals surface area contributed by atoms with Gasteiger partial charge in [0.2, 0.25) is 5.91 Å². The van der Waals surface area contributed by atoms with Crippen molar-refractivity contribution in [1.29, 1.82) is 0 Å². The zero-order valence-electron chi connectivity index (χ0n) is 41.7. The smallest absolute Gasteiger partial charge is 0.220 e. The van der Waals surface area contributed by atoms with Gasteiger partial charge in [-0.25, -0.2) is 0 Å². The van der Waals surface area contributed by atoms with Crippen molar-refractivity contribution in [2.45, 2.75) is 306 Å². The third kappa shape index (κ3) is 26.3. The number of unbranched alkanes of at least 4 members (excludes halogenated alkanes) is 30. The summed E-state index contributed by atoms with van der Waals surface area (Å²) in [6.45, 7) is 2.87. The maximum absolute atomic E-state index is 13.2. The van der Waals surface area contributed by atoms with Crippen LogP contribution >= 0.6 is 0 Å². The molecule has 2 saturated heterocycles. The second-order valence-electron chi connectivity index (χ2n) is 19.7. The lowest BCUT2D eigenvalue weighted by Crippen LogP contribution is -2.65. The first-order valence-corrected chi connectivity index (χ1v) is 27.3. The van der Waals surface area contributed by atoms with E-state index < -0.39 is 86.8 Å². The molecule has 0 aromatic heterocycles. The molecule has 66 heavy (non-hydrogen) atoms. The van der Waals surface area contributed by atoms with Crippen molar-refractivity contribution in [3.8, 4) is 0 Å². The normalized spacial score (nSPS) is 26.7.